The normalized spacial score (nSPS) is 22.0. The van der Waals surface area contributed by atoms with Crippen molar-refractivity contribution in [1.29, 1.82) is 5.26 Å². The molecule has 0 unspecified atom stereocenters. The summed E-state index contributed by atoms with van der Waals surface area (Å²) in [7, 11) is 0. The van der Waals surface area contributed by atoms with Crippen LogP contribution in [0.3, 0.4) is 0 Å². The summed E-state index contributed by atoms with van der Waals surface area (Å²) < 4.78 is 2.20. The van der Waals surface area contributed by atoms with E-state index >= 15 is 0 Å². The Bertz CT molecular complexity index is 750. The van der Waals surface area contributed by atoms with Crippen LogP contribution in [0.25, 0.3) is 5.65 Å². The lowest BCUT2D eigenvalue weighted by Crippen LogP contribution is -2.37. The minimum absolute atomic E-state index is 0.334. The standard InChI is InChI=1S/C16H20BrN5O/c1-16(2,23)10-3-5-11(6-4-10)19-13-7-8-14-20-12(9-18)15(17)22(14)21-13/h7-8,10-11,23H,3-6H2,1-2H3,(H,19,21)/t10-,11-. The van der Waals surface area contributed by atoms with Gasteiger partial charge in [0.15, 0.2) is 11.3 Å². The van der Waals surface area contributed by atoms with Crippen molar-refractivity contribution in [2.45, 2.75) is 51.2 Å². The lowest BCUT2D eigenvalue weighted by molar-refractivity contribution is -0.000405. The molecular formula is C16H20BrN5O. The van der Waals surface area contributed by atoms with Crippen LogP contribution >= 0.6 is 15.9 Å². The van der Waals surface area contributed by atoms with E-state index in [1.54, 1.807) is 4.52 Å². The van der Waals surface area contributed by atoms with Gasteiger partial charge < -0.3 is 10.4 Å². The quantitative estimate of drug-likeness (QED) is 0.857. The van der Waals surface area contributed by atoms with E-state index in [2.05, 4.69) is 31.3 Å². The van der Waals surface area contributed by atoms with Crippen LogP contribution in [0.5, 0.6) is 0 Å². The number of aliphatic hydroxyl groups is 1. The first-order valence-corrected chi connectivity index (χ1v) is 8.62. The number of hydrogen-bond donors (Lipinski definition) is 2. The van der Waals surface area contributed by atoms with Crippen LogP contribution in [-0.4, -0.2) is 31.3 Å². The first-order valence-electron chi connectivity index (χ1n) is 7.83. The van der Waals surface area contributed by atoms with E-state index in [0.29, 0.717) is 27.9 Å². The molecule has 2 N–H and O–H groups in total. The number of nitriles is 1. The average Bonchev–Trinajstić information content (AvgIpc) is 2.83. The summed E-state index contributed by atoms with van der Waals surface area (Å²) in [5.74, 6) is 1.13. The fraction of sp³-hybridized carbons (Fsp3) is 0.562. The minimum atomic E-state index is -0.600. The van der Waals surface area contributed by atoms with Crippen LogP contribution in [0, 0.1) is 17.2 Å². The van der Waals surface area contributed by atoms with Crippen molar-refractivity contribution in [3.05, 3.63) is 22.4 Å². The molecule has 1 fully saturated rings. The predicted molar refractivity (Wildman–Crippen MR) is 91.1 cm³/mol. The Morgan fingerprint density at radius 1 is 1.35 bits per heavy atom. The Labute approximate surface area is 143 Å². The molecule has 2 aromatic rings. The summed E-state index contributed by atoms with van der Waals surface area (Å²) in [6.45, 7) is 3.79. The molecule has 1 aliphatic carbocycles. The maximum Gasteiger partial charge on any atom is 0.175 e. The van der Waals surface area contributed by atoms with Crippen molar-refractivity contribution < 1.29 is 5.11 Å². The first kappa shape index (κ1) is 16.2. The van der Waals surface area contributed by atoms with Gasteiger partial charge in [0.1, 0.15) is 16.5 Å². The molecule has 1 saturated carbocycles. The van der Waals surface area contributed by atoms with Crippen LogP contribution in [0.1, 0.15) is 45.2 Å². The van der Waals surface area contributed by atoms with Gasteiger partial charge in [-0.05, 0) is 73.5 Å². The van der Waals surface area contributed by atoms with E-state index in [9.17, 15) is 5.11 Å². The van der Waals surface area contributed by atoms with Crippen molar-refractivity contribution >= 4 is 27.4 Å². The zero-order valence-corrected chi connectivity index (χ0v) is 14.8. The molecule has 1 aliphatic rings. The number of hydrogen-bond acceptors (Lipinski definition) is 5. The molecule has 0 saturated heterocycles. The van der Waals surface area contributed by atoms with Gasteiger partial charge in [0, 0.05) is 6.04 Å². The Balaban J connectivity index is 1.71. The average molecular weight is 378 g/mol. The summed E-state index contributed by atoms with van der Waals surface area (Å²) in [5, 5.41) is 27.1. The third-order valence-corrected chi connectivity index (χ3v) is 5.32. The van der Waals surface area contributed by atoms with Gasteiger partial charge in [-0.15, -0.1) is 5.10 Å². The molecular weight excluding hydrogens is 358 g/mol. The van der Waals surface area contributed by atoms with Crippen molar-refractivity contribution in [1.82, 2.24) is 14.6 Å². The monoisotopic (exact) mass is 377 g/mol. The second kappa shape index (κ2) is 6.10. The predicted octanol–water partition coefficient (Wildman–Crippen LogP) is 3.11. The number of anilines is 1. The largest absolute Gasteiger partial charge is 0.390 e. The fourth-order valence-electron chi connectivity index (χ4n) is 3.21. The molecule has 2 aromatic heterocycles. The van der Waals surface area contributed by atoms with Crippen LogP contribution in [-0.2, 0) is 0 Å². The highest BCUT2D eigenvalue weighted by Crippen LogP contribution is 2.33. The van der Waals surface area contributed by atoms with Gasteiger partial charge in [0.2, 0.25) is 0 Å². The molecule has 23 heavy (non-hydrogen) atoms. The molecule has 0 aromatic carbocycles. The SMILES string of the molecule is CC(C)(O)[C@H]1CC[C@H](Nc2ccc3nc(C#N)c(Br)n3n2)CC1. The second-order valence-electron chi connectivity index (χ2n) is 6.70. The molecule has 6 nitrogen and oxygen atoms in total. The van der Waals surface area contributed by atoms with E-state index in [1.165, 1.54) is 0 Å². The molecule has 3 rings (SSSR count). The minimum Gasteiger partial charge on any atom is -0.390 e. The maximum absolute atomic E-state index is 10.1. The summed E-state index contributed by atoms with van der Waals surface area (Å²) in [6.07, 6.45) is 4.05. The number of nitrogens with zero attached hydrogens (tertiary/aromatic N) is 4. The summed E-state index contributed by atoms with van der Waals surface area (Å²) in [6, 6.07) is 6.14. The lowest BCUT2D eigenvalue weighted by Gasteiger charge is -2.36. The zero-order valence-electron chi connectivity index (χ0n) is 13.3. The van der Waals surface area contributed by atoms with Crippen LogP contribution < -0.4 is 5.32 Å². The fourth-order valence-corrected chi connectivity index (χ4v) is 3.65. The Morgan fingerprint density at radius 3 is 2.65 bits per heavy atom. The highest BCUT2D eigenvalue weighted by Gasteiger charge is 2.31. The van der Waals surface area contributed by atoms with Crippen molar-refractivity contribution in [3.63, 3.8) is 0 Å². The van der Waals surface area contributed by atoms with Crippen LogP contribution in [0.2, 0.25) is 0 Å². The van der Waals surface area contributed by atoms with E-state index in [-0.39, 0.29) is 0 Å². The van der Waals surface area contributed by atoms with Crippen molar-refractivity contribution in [3.8, 4) is 6.07 Å². The maximum atomic E-state index is 10.1. The third-order valence-electron chi connectivity index (χ3n) is 4.61. The molecule has 0 spiro atoms. The van der Waals surface area contributed by atoms with E-state index in [0.717, 1.165) is 31.5 Å². The topological polar surface area (TPSA) is 86.2 Å². The van der Waals surface area contributed by atoms with E-state index < -0.39 is 5.60 Å². The van der Waals surface area contributed by atoms with Gasteiger partial charge in [-0.3, -0.25) is 0 Å². The Morgan fingerprint density at radius 2 is 2.04 bits per heavy atom. The summed E-state index contributed by atoms with van der Waals surface area (Å²) >= 11 is 3.36. The number of halogens is 1. The molecule has 0 bridgehead atoms. The zero-order chi connectivity index (χ0) is 16.6. The number of fused-ring (bicyclic) bond motifs is 1. The summed E-state index contributed by atoms with van der Waals surface area (Å²) in [5.41, 5.74) is 0.377. The Hall–Kier alpha value is -1.65. The number of aromatic nitrogens is 3. The molecule has 122 valence electrons. The molecule has 0 aliphatic heterocycles. The number of imidazole rings is 1. The van der Waals surface area contributed by atoms with E-state index in [1.807, 2.05) is 32.0 Å². The van der Waals surface area contributed by atoms with Gasteiger partial charge >= 0.3 is 0 Å². The van der Waals surface area contributed by atoms with Gasteiger partial charge in [0.25, 0.3) is 0 Å². The van der Waals surface area contributed by atoms with Gasteiger partial charge in [0.05, 0.1) is 5.60 Å². The number of nitrogens with one attached hydrogen (secondary N) is 1. The third kappa shape index (κ3) is 3.33. The highest BCUT2D eigenvalue weighted by molar-refractivity contribution is 9.10. The van der Waals surface area contributed by atoms with Crippen molar-refractivity contribution in [2.75, 3.05) is 5.32 Å². The summed E-state index contributed by atoms with van der Waals surface area (Å²) in [4.78, 5) is 4.19. The van der Waals surface area contributed by atoms with Crippen molar-refractivity contribution in [2.24, 2.45) is 5.92 Å². The lowest BCUT2D eigenvalue weighted by atomic mass is 9.77. The first-order chi connectivity index (χ1) is 10.9. The molecule has 0 amide bonds. The smallest absolute Gasteiger partial charge is 0.175 e. The number of rotatable bonds is 3. The second-order valence-corrected chi connectivity index (χ2v) is 7.45. The van der Waals surface area contributed by atoms with Crippen LogP contribution in [0.15, 0.2) is 16.7 Å². The molecule has 0 radical (unpaired) electrons. The van der Waals surface area contributed by atoms with Crippen LogP contribution in [0.4, 0.5) is 5.82 Å². The highest BCUT2D eigenvalue weighted by atomic mass is 79.9. The van der Waals surface area contributed by atoms with Gasteiger partial charge in [-0.2, -0.15) is 5.26 Å². The van der Waals surface area contributed by atoms with Gasteiger partial charge in [-0.25, -0.2) is 9.50 Å². The molecule has 0 atom stereocenters. The molecule has 7 heteroatoms. The molecule has 2 heterocycles. The van der Waals surface area contributed by atoms with Gasteiger partial charge in [-0.1, -0.05) is 0 Å². The van der Waals surface area contributed by atoms with E-state index in [4.69, 9.17) is 5.26 Å². The Kier molecular flexibility index (Phi) is 4.30.